The molecule has 1 heterocycles. The lowest BCUT2D eigenvalue weighted by Gasteiger charge is -2.55. The molecule has 10 heteroatoms. The van der Waals surface area contributed by atoms with Crippen molar-refractivity contribution >= 4 is 50.9 Å². The number of amides is 4. The van der Waals surface area contributed by atoms with Crippen LogP contribution in [0.25, 0.3) is 5.57 Å². The van der Waals surface area contributed by atoms with Crippen LogP contribution in [-0.2, 0) is 24.6 Å². The van der Waals surface area contributed by atoms with E-state index in [4.69, 9.17) is 10.5 Å². The molecule has 232 valence electrons. The summed E-state index contributed by atoms with van der Waals surface area (Å²) in [7, 11) is 1.42. The van der Waals surface area contributed by atoms with Crippen LogP contribution in [0.2, 0.25) is 0 Å². The molecule has 0 bridgehead atoms. The van der Waals surface area contributed by atoms with Crippen LogP contribution in [0.5, 0.6) is 11.5 Å². The smallest absolute Gasteiger partial charge is 0.328 e. The second-order valence-corrected chi connectivity index (χ2v) is 13.0. The number of phenolic OH excluding ortho intramolecular Hbond substituents is 1. The highest BCUT2D eigenvalue weighted by atomic mass is 79.9. The molecule has 6 atom stereocenters. The first-order chi connectivity index (χ1) is 22.1. The summed E-state index contributed by atoms with van der Waals surface area (Å²) < 4.78 is 5.83. The van der Waals surface area contributed by atoms with E-state index in [0.29, 0.717) is 31.6 Å². The minimum atomic E-state index is -1.44. The van der Waals surface area contributed by atoms with Gasteiger partial charge in [0.25, 0.3) is 0 Å². The Morgan fingerprint density at radius 1 is 0.978 bits per heavy atom. The Morgan fingerprint density at radius 2 is 1.65 bits per heavy atom. The Morgan fingerprint density at radius 3 is 2.30 bits per heavy atom. The number of hydrogen-bond donors (Lipinski definition) is 2. The van der Waals surface area contributed by atoms with Crippen LogP contribution < -0.4 is 10.5 Å². The number of imide groups is 3. The number of methoxy groups -OCH3 is 1. The van der Waals surface area contributed by atoms with Crippen LogP contribution in [0, 0.1) is 23.7 Å². The largest absolute Gasteiger partial charge is 0.503 e. The van der Waals surface area contributed by atoms with E-state index in [2.05, 4.69) is 15.9 Å². The van der Waals surface area contributed by atoms with Gasteiger partial charge < -0.3 is 15.6 Å². The van der Waals surface area contributed by atoms with E-state index in [1.165, 1.54) is 13.2 Å². The molecule has 0 radical (unpaired) electrons. The predicted octanol–water partition coefficient (Wildman–Crippen LogP) is 5.07. The first kappa shape index (κ1) is 29.9. The maximum atomic E-state index is 15.0. The molecule has 0 spiro atoms. The van der Waals surface area contributed by atoms with Crippen molar-refractivity contribution in [2.24, 2.45) is 29.4 Å². The lowest BCUT2D eigenvalue weighted by Crippen LogP contribution is -2.58. The van der Waals surface area contributed by atoms with Gasteiger partial charge in [0.15, 0.2) is 23.1 Å². The number of halogens is 1. The van der Waals surface area contributed by atoms with Crippen LogP contribution in [0.15, 0.2) is 95.0 Å². The maximum Gasteiger partial charge on any atom is 0.328 e. The molecular formula is C36H29BrN2O7. The first-order valence-corrected chi connectivity index (χ1v) is 15.7. The normalized spacial score (nSPS) is 28.6. The lowest BCUT2D eigenvalue weighted by atomic mass is 9.44. The Hall–Kier alpha value is -4.83. The van der Waals surface area contributed by atoms with Crippen LogP contribution in [0.3, 0.4) is 0 Å². The number of ether oxygens (including phenoxy) is 1. The van der Waals surface area contributed by atoms with Crippen LogP contribution in [0.4, 0.5) is 4.79 Å². The van der Waals surface area contributed by atoms with E-state index in [0.717, 1.165) is 0 Å². The second kappa shape index (κ2) is 10.9. The number of nitrogens with two attached hydrogens (primary N) is 1. The van der Waals surface area contributed by atoms with Gasteiger partial charge in [-0.15, -0.1) is 0 Å². The number of Topliss-reactive ketones (excluding diaryl/α,β-unsaturated/α-hetero) is 1. The summed E-state index contributed by atoms with van der Waals surface area (Å²) in [6.45, 7) is 0. The van der Waals surface area contributed by atoms with Gasteiger partial charge in [-0.25, -0.2) is 4.79 Å². The summed E-state index contributed by atoms with van der Waals surface area (Å²) in [6.07, 6.45) is 3.57. The highest BCUT2D eigenvalue weighted by molar-refractivity contribution is 9.10. The molecule has 3 aliphatic carbocycles. The van der Waals surface area contributed by atoms with E-state index in [1.807, 2.05) is 42.5 Å². The van der Waals surface area contributed by atoms with E-state index in [9.17, 15) is 29.1 Å². The fourth-order valence-corrected chi connectivity index (χ4v) is 8.84. The number of fused-ring (bicyclic) bond motifs is 4. The summed E-state index contributed by atoms with van der Waals surface area (Å²) in [4.78, 5) is 69.7. The van der Waals surface area contributed by atoms with Gasteiger partial charge in [0.2, 0.25) is 11.8 Å². The SMILES string of the molecule is COc1cc([C@H]2C3=CC[C@@H]4C(=O)N(C(N)=O)C(=O)[C@@H]4[C@@H]3C[C@H]3C(=O)C(c4ccccc4)=CC(=O)[C@@]23c2ccccc2)cc(Br)c1O. The van der Waals surface area contributed by atoms with E-state index in [-0.39, 0.29) is 41.5 Å². The number of rotatable bonds is 4. The summed E-state index contributed by atoms with van der Waals surface area (Å²) in [6, 6.07) is 20.3. The summed E-state index contributed by atoms with van der Waals surface area (Å²) in [5.74, 6) is -6.02. The predicted molar refractivity (Wildman–Crippen MR) is 170 cm³/mol. The zero-order chi connectivity index (χ0) is 32.5. The molecular weight excluding hydrogens is 652 g/mol. The van der Waals surface area contributed by atoms with E-state index in [1.54, 1.807) is 36.4 Å². The van der Waals surface area contributed by atoms with Crippen LogP contribution >= 0.6 is 15.9 Å². The van der Waals surface area contributed by atoms with Crippen molar-refractivity contribution in [3.8, 4) is 11.5 Å². The fourth-order valence-electron chi connectivity index (χ4n) is 8.38. The Labute approximate surface area is 272 Å². The molecule has 0 unspecified atom stereocenters. The number of carbonyl (C=O) groups excluding carboxylic acids is 5. The number of urea groups is 1. The zero-order valence-corrected chi connectivity index (χ0v) is 26.3. The fraction of sp³-hybridized carbons (Fsp3) is 0.250. The molecule has 3 aromatic rings. The third-order valence-electron chi connectivity index (χ3n) is 10.2. The lowest BCUT2D eigenvalue weighted by molar-refractivity contribution is -0.137. The molecule has 1 aliphatic heterocycles. The average molecular weight is 682 g/mol. The Bertz CT molecular complexity index is 1900. The van der Waals surface area contributed by atoms with Crippen LogP contribution in [-0.4, -0.2) is 46.5 Å². The average Bonchev–Trinajstić information content (AvgIpc) is 3.33. The van der Waals surface area contributed by atoms with Crippen molar-refractivity contribution in [3.05, 3.63) is 112 Å². The topological polar surface area (TPSA) is 144 Å². The van der Waals surface area contributed by atoms with Crippen molar-refractivity contribution < 1.29 is 33.8 Å². The Balaban J connectivity index is 1.54. The third-order valence-corrected chi connectivity index (χ3v) is 10.8. The molecule has 0 aromatic heterocycles. The van der Waals surface area contributed by atoms with Gasteiger partial charge in [-0.2, -0.15) is 4.90 Å². The van der Waals surface area contributed by atoms with Crippen LogP contribution in [0.1, 0.15) is 35.4 Å². The third kappa shape index (κ3) is 4.09. The number of aromatic hydroxyl groups is 1. The van der Waals surface area contributed by atoms with Gasteiger partial charge in [0.05, 0.1) is 28.8 Å². The van der Waals surface area contributed by atoms with Crippen molar-refractivity contribution in [1.82, 2.24) is 4.90 Å². The summed E-state index contributed by atoms with van der Waals surface area (Å²) >= 11 is 3.44. The van der Waals surface area contributed by atoms with E-state index < -0.39 is 52.8 Å². The number of nitrogens with zero attached hydrogens (tertiary/aromatic N) is 1. The minimum absolute atomic E-state index is 0.0924. The maximum absolute atomic E-state index is 15.0. The van der Waals surface area contributed by atoms with Crippen molar-refractivity contribution in [2.75, 3.05) is 7.11 Å². The number of hydrogen-bond acceptors (Lipinski definition) is 7. The highest BCUT2D eigenvalue weighted by Gasteiger charge is 2.66. The molecule has 4 amide bonds. The Kier molecular flexibility index (Phi) is 7.08. The van der Waals surface area contributed by atoms with E-state index >= 15 is 0 Å². The molecule has 2 fully saturated rings. The minimum Gasteiger partial charge on any atom is -0.503 e. The number of ketones is 2. The van der Waals surface area contributed by atoms with Gasteiger partial charge in [-0.1, -0.05) is 72.3 Å². The van der Waals surface area contributed by atoms with Gasteiger partial charge in [-0.05, 0) is 69.6 Å². The first-order valence-electron chi connectivity index (χ1n) is 15.0. The number of likely N-dealkylation sites (tertiary alicyclic amines) is 1. The molecule has 46 heavy (non-hydrogen) atoms. The summed E-state index contributed by atoms with van der Waals surface area (Å²) in [5.41, 5.74) is 6.84. The van der Waals surface area contributed by atoms with Gasteiger partial charge in [0, 0.05) is 17.4 Å². The monoisotopic (exact) mass is 680 g/mol. The summed E-state index contributed by atoms with van der Waals surface area (Å²) in [5, 5.41) is 10.7. The number of phenols is 1. The zero-order valence-electron chi connectivity index (χ0n) is 24.7. The molecule has 7 rings (SSSR count). The molecule has 4 aliphatic rings. The molecule has 3 aromatic carbocycles. The van der Waals surface area contributed by atoms with Gasteiger partial charge in [-0.3, -0.25) is 19.2 Å². The van der Waals surface area contributed by atoms with Crippen molar-refractivity contribution in [3.63, 3.8) is 0 Å². The standard InChI is InChI=1S/C36H29BrN2O7/c1-46-27-15-19(14-26(37)32(27)42)30-21-12-13-22-29(34(44)39(33(22)43)35(38)45)24(21)16-25-31(41)23(18-8-4-2-5-9-18)17-28(40)36(25,30)20-10-6-3-7-11-20/h2-12,14-15,17,22,24-25,29-30,42H,13,16H2,1H3,(H2,38,45)/t22-,24+,25-,29-,30-,36-/m0/s1. The number of benzene rings is 3. The second-order valence-electron chi connectivity index (χ2n) is 12.2. The highest BCUT2D eigenvalue weighted by Crippen LogP contribution is 2.64. The molecule has 1 saturated heterocycles. The quantitative estimate of drug-likeness (QED) is 0.289. The molecule has 9 nitrogen and oxygen atoms in total. The van der Waals surface area contributed by atoms with Crippen molar-refractivity contribution in [1.29, 1.82) is 0 Å². The number of carbonyl (C=O) groups is 5. The van der Waals surface area contributed by atoms with Gasteiger partial charge >= 0.3 is 6.03 Å². The molecule has 3 N–H and O–H groups in total. The number of primary amides is 1. The van der Waals surface area contributed by atoms with Gasteiger partial charge in [0.1, 0.15) is 0 Å². The van der Waals surface area contributed by atoms with Crippen molar-refractivity contribution in [2.45, 2.75) is 24.2 Å². The molecule has 1 saturated carbocycles. The number of allylic oxidation sites excluding steroid dienone is 4.